The third-order valence-electron chi connectivity index (χ3n) is 3.84. The Kier molecular flexibility index (Phi) is 3.28. The number of benzene rings is 2. The fourth-order valence-corrected chi connectivity index (χ4v) is 2.59. The van der Waals surface area contributed by atoms with Crippen molar-refractivity contribution < 1.29 is 5.11 Å². The number of nitrogens with zero attached hydrogens (tertiary/aromatic N) is 2. The van der Waals surface area contributed by atoms with Crippen LogP contribution >= 0.6 is 0 Å². The third-order valence-corrected chi connectivity index (χ3v) is 3.84. The summed E-state index contributed by atoms with van der Waals surface area (Å²) in [6.07, 6.45) is 1.88. The van der Waals surface area contributed by atoms with E-state index in [0.717, 1.165) is 23.0 Å². The summed E-state index contributed by atoms with van der Waals surface area (Å²) in [6.45, 7) is 5.09. The van der Waals surface area contributed by atoms with Crippen LogP contribution < -0.4 is 0 Å². The van der Waals surface area contributed by atoms with Gasteiger partial charge in [-0.25, -0.2) is 0 Å². The summed E-state index contributed by atoms with van der Waals surface area (Å²) >= 11 is 0. The quantitative estimate of drug-likeness (QED) is 0.790. The summed E-state index contributed by atoms with van der Waals surface area (Å²) in [6, 6.07) is 12.3. The monoisotopic (exact) mass is 266 g/mol. The first kappa shape index (κ1) is 12.9. The number of fused-ring (bicyclic) bond motifs is 1. The zero-order chi connectivity index (χ0) is 14.1. The second-order valence-corrected chi connectivity index (χ2v) is 5.22. The lowest BCUT2D eigenvalue weighted by atomic mass is 10.0. The molecule has 1 heterocycles. The van der Waals surface area contributed by atoms with Crippen LogP contribution in [0, 0.1) is 13.8 Å². The van der Waals surface area contributed by atoms with Crippen molar-refractivity contribution in [3.63, 3.8) is 0 Å². The van der Waals surface area contributed by atoms with Crippen LogP contribution in [0.4, 0.5) is 0 Å². The number of hydrogen-bond donors (Lipinski definition) is 1. The van der Waals surface area contributed by atoms with Gasteiger partial charge in [0.2, 0.25) is 0 Å². The minimum atomic E-state index is 0.0600. The third kappa shape index (κ3) is 2.21. The highest BCUT2D eigenvalue weighted by Gasteiger charge is 2.07. The van der Waals surface area contributed by atoms with Gasteiger partial charge in [0, 0.05) is 5.39 Å². The molecular weight excluding hydrogens is 248 g/mol. The van der Waals surface area contributed by atoms with Gasteiger partial charge in [0.25, 0.3) is 0 Å². The van der Waals surface area contributed by atoms with E-state index in [2.05, 4.69) is 37.1 Å². The SMILES string of the molecule is Cc1cccc(C)c1Cn1ncc2ccc(CO)cc21. The highest BCUT2D eigenvalue weighted by atomic mass is 16.3. The Morgan fingerprint density at radius 2 is 1.85 bits per heavy atom. The van der Waals surface area contributed by atoms with Crippen molar-refractivity contribution in [3.8, 4) is 0 Å². The van der Waals surface area contributed by atoms with Crippen LogP contribution in [-0.4, -0.2) is 14.9 Å². The molecule has 1 N–H and O–H groups in total. The van der Waals surface area contributed by atoms with Gasteiger partial charge in [-0.05, 0) is 42.2 Å². The molecule has 0 amide bonds. The molecule has 2 aromatic carbocycles. The normalized spacial score (nSPS) is 11.2. The second-order valence-electron chi connectivity index (χ2n) is 5.22. The highest BCUT2D eigenvalue weighted by Crippen LogP contribution is 2.20. The predicted octanol–water partition coefficient (Wildman–Crippen LogP) is 3.19. The fourth-order valence-electron chi connectivity index (χ4n) is 2.59. The molecular formula is C17H18N2O. The van der Waals surface area contributed by atoms with Crippen molar-refractivity contribution >= 4 is 10.9 Å². The molecule has 3 aromatic rings. The number of aromatic nitrogens is 2. The number of aliphatic hydroxyl groups is 1. The fraction of sp³-hybridized carbons (Fsp3) is 0.235. The van der Waals surface area contributed by atoms with E-state index in [9.17, 15) is 5.11 Å². The molecule has 3 nitrogen and oxygen atoms in total. The molecule has 0 aliphatic rings. The van der Waals surface area contributed by atoms with Gasteiger partial charge in [-0.15, -0.1) is 0 Å². The zero-order valence-electron chi connectivity index (χ0n) is 11.8. The lowest BCUT2D eigenvalue weighted by molar-refractivity contribution is 0.282. The minimum Gasteiger partial charge on any atom is -0.392 e. The summed E-state index contributed by atoms with van der Waals surface area (Å²) in [5, 5.41) is 14.9. The van der Waals surface area contributed by atoms with Crippen molar-refractivity contribution in [3.05, 3.63) is 64.8 Å². The van der Waals surface area contributed by atoms with Gasteiger partial charge in [-0.3, -0.25) is 4.68 Å². The number of hydrogen-bond acceptors (Lipinski definition) is 2. The second kappa shape index (κ2) is 5.10. The van der Waals surface area contributed by atoms with Crippen molar-refractivity contribution in [2.24, 2.45) is 0 Å². The van der Waals surface area contributed by atoms with E-state index in [1.54, 1.807) is 0 Å². The first-order chi connectivity index (χ1) is 9.69. The van der Waals surface area contributed by atoms with Gasteiger partial charge in [0.1, 0.15) is 0 Å². The van der Waals surface area contributed by atoms with Crippen LogP contribution in [0.2, 0.25) is 0 Å². The van der Waals surface area contributed by atoms with E-state index >= 15 is 0 Å². The summed E-state index contributed by atoms with van der Waals surface area (Å²) in [4.78, 5) is 0. The molecule has 0 saturated heterocycles. The molecule has 0 spiro atoms. The van der Waals surface area contributed by atoms with E-state index in [0.29, 0.717) is 0 Å². The van der Waals surface area contributed by atoms with E-state index in [-0.39, 0.29) is 6.61 Å². The largest absolute Gasteiger partial charge is 0.392 e. The van der Waals surface area contributed by atoms with Gasteiger partial charge < -0.3 is 5.11 Å². The Morgan fingerprint density at radius 3 is 2.55 bits per heavy atom. The standard InChI is InChI=1S/C17H18N2O/c1-12-4-3-5-13(2)16(12)10-19-17-8-14(11-20)6-7-15(17)9-18-19/h3-9,20H,10-11H2,1-2H3. The van der Waals surface area contributed by atoms with Gasteiger partial charge in [-0.2, -0.15) is 5.10 Å². The number of rotatable bonds is 3. The molecule has 3 heteroatoms. The highest BCUT2D eigenvalue weighted by molar-refractivity contribution is 5.79. The van der Waals surface area contributed by atoms with Crippen molar-refractivity contribution in [1.82, 2.24) is 9.78 Å². The van der Waals surface area contributed by atoms with Crippen LogP contribution in [0.15, 0.2) is 42.6 Å². The van der Waals surface area contributed by atoms with Gasteiger partial charge >= 0.3 is 0 Å². The van der Waals surface area contributed by atoms with E-state index < -0.39 is 0 Å². The molecule has 102 valence electrons. The van der Waals surface area contributed by atoms with Crippen molar-refractivity contribution in [2.45, 2.75) is 27.0 Å². The minimum absolute atomic E-state index is 0.0600. The van der Waals surface area contributed by atoms with Crippen LogP contribution in [0.5, 0.6) is 0 Å². The average Bonchev–Trinajstić information content (AvgIpc) is 2.85. The molecule has 0 radical (unpaired) electrons. The predicted molar refractivity (Wildman–Crippen MR) is 80.7 cm³/mol. The van der Waals surface area contributed by atoms with Crippen LogP contribution in [0.3, 0.4) is 0 Å². The first-order valence-corrected chi connectivity index (χ1v) is 6.79. The van der Waals surface area contributed by atoms with Crippen LogP contribution in [0.25, 0.3) is 10.9 Å². The first-order valence-electron chi connectivity index (χ1n) is 6.79. The smallest absolute Gasteiger partial charge is 0.0690 e. The van der Waals surface area contributed by atoms with E-state index in [4.69, 9.17) is 0 Å². The molecule has 3 rings (SSSR count). The lowest BCUT2D eigenvalue weighted by Gasteiger charge is -2.11. The molecule has 0 saturated carbocycles. The zero-order valence-corrected chi connectivity index (χ0v) is 11.8. The van der Waals surface area contributed by atoms with Crippen molar-refractivity contribution in [1.29, 1.82) is 0 Å². The Labute approximate surface area is 118 Å². The molecule has 0 fully saturated rings. The number of aliphatic hydroxyl groups excluding tert-OH is 1. The maximum atomic E-state index is 9.27. The topological polar surface area (TPSA) is 38.0 Å². The Morgan fingerprint density at radius 1 is 1.10 bits per heavy atom. The summed E-state index contributed by atoms with van der Waals surface area (Å²) in [5.41, 5.74) is 5.87. The van der Waals surface area contributed by atoms with Gasteiger partial charge in [0.15, 0.2) is 0 Å². The molecule has 0 aliphatic heterocycles. The lowest BCUT2D eigenvalue weighted by Crippen LogP contribution is -2.05. The van der Waals surface area contributed by atoms with E-state index in [1.165, 1.54) is 16.7 Å². The molecule has 0 unspecified atom stereocenters. The summed E-state index contributed by atoms with van der Waals surface area (Å²) in [7, 11) is 0. The Bertz CT molecular complexity index is 739. The molecule has 0 atom stereocenters. The van der Waals surface area contributed by atoms with Gasteiger partial charge in [-0.1, -0.05) is 30.3 Å². The maximum Gasteiger partial charge on any atom is 0.0690 e. The van der Waals surface area contributed by atoms with E-state index in [1.807, 2.05) is 29.1 Å². The number of aryl methyl sites for hydroxylation is 2. The average molecular weight is 266 g/mol. The molecule has 20 heavy (non-hydrogen) atoms. The maximum absolute atomic E-state index is 9.27. The van der Waals surface area contributed by atoms with Crippen molar-refractivity contribution in [2.75, 3.05) is 0 Å². The Hall–Kier alpha value is -2.13. The molecule has 0 bridgehead atoms. The molecule has 1 aromatic heterocycles. The van der Waals surface area contributed by atoms with Gasteiger partial charge in [0.05, 0.1) is 24.9 Å². The van der Waals surface area contributed by atoms with Crippen LogP contribution in [-0.2, 0) is 13.2 Å². The van der Waals surface area contributed by atoms with Crippen LogP contribution in [0.1, 0.15) is 22.3 Å². The Balaban J connectivity index is 2.06. The summed E-state index contributed by atoms with van der Waals surface area (Å²) in [5.74, 6) is 0. The molecule has 0 aliphatic carbocycles. The summed E-state index contributed by atoms with van der Waals surface area (Å²) < 4.78 is 2.00.